The number of esters is 1. The van der Waals surface area contributed by atoms with Crippen molar-refractivity contribution >= 4 is 17.8 Å². The molecule has 1 aliphatic rings. The van der Waals surface area contributed by atoms with E-state index in [4.69, 9.17) is 9.47 Å². The first-order valence-electron chi connectivity index (χ1n) is 10.1. The first-order valence-corrected chi connectivity index (χ1v) is 10.1. The van der Waals surface area contributed by atoms with Crippen LogP contribution in [0.1, 0.15) is 39.2 Å². The lowest BCUT2D eigenvalue weighted by Crippen LogP contribution is -2.57. The van der Waals surface area contributed by atoms with Gasteiger partial charge in [0, 0.05) is 19.6 Å². The molecule has 29 heavy (non-hydrogen) atoms. The second kappa shape index (κ2) is 11.4. The average Bonchev–Trinajstić information content (AvgIpc) is 2.68. The smallest absolute Gasteiger partial charge is 0.307 e. The molecule has 0 saturated carbocycles. The van der Waals surface area contributed by atoms with Gasteiger partial charge in [-0.05, 0) is 38.0 Å². The number of nitrogens with one attached hydrogen (secondary N) is 2. The summed E-state index contributed by atoms with van der Waals surface area (Å²) in [6.07, 6.45) is 0.768. The van der Waals surface area contributed by atoms with E-state index in [2.05, 4.69) is 10.6 Å². The number of rotatable bonds is 10. The Labute approximate surface area is 171 Å². The third kappa shape index (κ3) is 7.73. The molecule has 1 aromatic carbocycles. The third-order valence-corrected chi connectivity index (χ3v) is 4.40. The summed E-state index contributed by atoms with van der Waals surface area (Å²) in [5.41, 5.74) is 0.950. The van der Waals surface area contributed by atoms with Gasteiger partial charge in [0.25, 0.3) is 0 Å². The zero-order chi connectivity index (χ0) is 21.2. The Balaban J connectivity index is 1.85. The Kier molecular flexibility index (Phi) is 8.92. The average molecular weight is 405 g/mol. The molecule has 0 aromatic heterocycles. The molecule has 8 nitrogen and oxygen atoms in total. The van der Waals surface area contributed by atoms with Gasteiger partial charge in [-0.25, -0.2) is 0 Å². The zero-order valence-electron chi connectivity index (χ0n) is 17.4. The highest BCUT2D eigenvalue weighted by Gasteiger charge is 2.33. The third-order valence-electron chi connectivity index (χ3n) is 4.40. The summed E-state index contributed by atoms with van der Waals surface area (Å²) in [6.45, 7) is 7.54. The van der Waals surface area contributed by atoms with Crippen LogP contribution in [0.4, 0.5) is 0 Å². The van der Waals surface area contributed by atoms with Crippen LogP contribution in [0.2, 0.25) is 0 Å². The Morgan fingerprint density at radius 1 is 1.28 bits per heavy atom. The van der Waals surface area contributed by atoms with Crippen molar-refractivity contribution in [2.45, 2.75) is 52.3 Å². The van der Waals surface area contributed by atoms with E-state index in [0.717, 1.165) is 17.7 Å². The SMILES string of the molecule is CCCOC(=O)CC1C(=O)NCCN1CC(=O)NCc1ccc(OC(C)C)cc1. The number of amides is 2. The van der Waals surface area contributed by atoms with Gasteiger partial charge in [0.15, 0.2) is 0 Å². The first kappa shape index (κ1) is 22.7. The summed E-state index contributed by atoms with van der Waals surface area (Å²) in [4.78, 5) is 38.2. The summed E-state index contributed by atoms with van der Waals surface area (Å²) in [5.74, 6) is -0.0948. The highest BCUT2D eigenvalue weighted by Crippen LogP contribution is 2.14. The molecule has 1 atom stereocenters. The van der Waals surface area contributed by atoms with Gasteiger partial charge in [-0.3, -0.25) is 19.3 Å². The second-order valence-electron chi connectivity index (χ2n) is 7.29. The Hall–Kier alpha value is -2.61. The molecule has 1 heterocycles. The lowest BCUT2D eigenvalue weighted by molar-refractivity contribution is -0.149. The van der Waals surface area contributed by atoms with Crippen LogP contribution in [0.5, 0.6) is 5.75 Å². The Morgan fingerprint density at radius 2 is 2.00 bits per heavy atom. The molecular formula is C21H31N3O5. The van der Waals surface area contributed by atoms with Crippen molar-refractivity contribution in [2.24, 2.45) is 0 Å². The van der Waals surface area contributed by atoms with E-state index in [-0.39, 0.29) is 30.9 Å². The van der Waals surface area contributed by atoms with Gasteiger partial charge >= 0.3 is 5.97 Å². The van der Waals surface area contributed by atoms with Crippen molar-refractivity contribution in [3.63, 3.8) is 0 Å². The minimum Gasteiger partial charge on any atom is -0.491 e. The number of hydrogen-bond donors (Lipinski definition) is 2. The number of carbonyl (C=O) groups excluding carboxylic acids is 3. The molecule has 2 N–H and O–H groups in total. The maximum absolute atomic E-state index is 12.4. The van der Waals surface area contributed by atoms with E-state index >= 15 is 0 Å². The predicted octanol–water partition coefficient (Wildman–Crippen LogP) is 1.23. The van der Waals surface area contributed by atoms with E-state index in [1.54, 1.807) is 4.90 Å². The maximum atomic E-state index is 12.4. The van der Waals surface area contributed by atoms with Crippen molar-refractivity contribution < 1.29 is 23.9 Å². The molecule has 0 bridgehead atoms. The summed E-state index contributed by atoms with van der Waals surface area (Å²) in [6, 6.07) is 6.85. The van der Waals surface area contributed by atoms with Crippen LogP contribution in [0.25, 0.3) is 0 Å². The van der Waals surface area contributed by atoms with E-state index in [0.29, 0.717) is 26.2 Å². The van der Waals surface area contributed by atoms with Crippen LogP contribution >= 0.6 is 0 Å². The van der Waals surface area contributed by atoms with Crippen LogP contribution in [0.3, 0.4) is 0 Å². The van der Waals surface area contributed by atoms with Crippen molar-refractivity contribution in [3.05, 3.63) is 29.8 Å². The van der Waals surface area contributed by atoms with Crippen molar-refractivity contribution in [3.8, 4) is 5.75 Å². The molecule has 1 fully saturated rings. The van der Waals surface area contributed by atoms with Crippen LogP contribution in [-0.4, -0.2) is 61.1 Å². The quantitative estimate of drug-likeness (QED) is 0.569. The molecule has 1 unspecified atom stereocenters. The number of carbonyl (C=O) groups is 3. The molecular weight excluding hydrogens is 374 g/mol. The molecule has 2 rings (SSSR count). The van der Waals surface area contributed by atoms with E-state index < -0.39 is 12.0 Å². The topological polar surface area (TPSA) is 97.0 Å². The van der Waals surface area contributed by atoms with Crippen LogP contribution in [0, 0.1) is 0 Å². The highest BCUT2D eigenvalue weighted by atomic mass is 16.5. The zero-order valence-corrected chi connectivity index (χ0v) is 17.4. The molecule has 0 radical (unpaired) electrons. The lowest BCUT2D eigenvalue weighted by Gasteiger charge is -2.33. The van der Waals surface area contributed by atoms with Gasteiger partial charge in [0.05, 0.1) is 25.7 Å². The van der Waals surface area contributed by atoms with Crippen molar-refractivity contribution in [1.82, 2.24) is 15.5 Å². The molecule has 2 amide bonds. The van der Waals surface area contributed by atoms with Gasteiger partial charge in [0.2, 0.25) is 11.8 Å². The molecule has 0 spiro atoms. The van der Waals surface area contributed by atoms with Gasteiger partial charge in [-0.2, -0.15) is 0 Å². The fourth-order valence-electron chi connectivity index (χ4n) is 3.00. The highest BCUT2D eigenvalue weighted by molar-refractivity contribution is 5.88. The second-order valence-corrected chi connectivity index (χ2v) is 7.29. The standard InChI is InChI=1S/C21H31N3O5/c1-4-11-28-20(26)12-18-21(27)22-9-10-24(18)14-19(25)23-13-16-5-7-17(8-6-16)29-15(2)3/h5-8,15,18H,4,9-14H2,1-3H3,(H,22,27)(H,23,25). The lowest BCUT2D eigenvalue weighted by atomic mass is 10.1. The number of hydrogen-bond acceptors (Lipinski definition) is 6. The van der Waals surface area contributed by atoms with Gasteiger partial charge in [0.1, 0.15) is 11.8 Å². The molecule has 0 aliphatic carbocycles. The Bertz CT molecular complexity index is 690. The number of piperazine rings is 1. The molecule has 1 aromatic rings. The van der Waals surface area contributed by atoms with Crippen LogP contribution < -0.4 is 15.4 Å². The van der Waals surface area contributed by atoms with E-state index in [1.807, 2.05) is 45.0 Å². The Morgan fingerprint density at radius 3 is 2.66 bits per heavy atom. The normalized spacial score (nSPS) is 17.0. The van der Waals surface area contributed by atoms with E-state index in [9.17, 15) is 14.4 Å². The minimum atomic E-state index is -0.689. The largest absolute Gasteiger partial charge is 0.491 e. The van der Waals surface area contributed by atoms with Crippen molar-refractivity contribution in [2.75, 3.05) is 26.2 Å². The van der Waals surface area contributed by atoms with Gasteiger partial charge in [-0.1, -0.05) is 19.1 Å². The van der Waals surface area contributed by atoms with Crippen LogP contribution in [-0.2, 0) is 25.7 Å². The maximum Gasteiger partial charge on any atom is 0.307 e. The van der Waals surface area contributed by atoms with Gasteiger partial charge < -0.3 is 20.1 Å². The summed E-state index contributed by atoms with van der Waals surface area (Å²) in [7, 11) is 0. The number of nitrogens with zero attached hydrogens (tertiary/aromatic N) is 1. The molecule has 1 aliphatic heterocycles. The number of benzene rings is 1. The van der Waals surface area contributed by atoms with E-state index in [1.165, 1.54) is 0 Å². The van der Waals surface area contributed by atoms with Crippen molar-refractivity contribution in [1.29, 1.82) is 0 Å². The molecule has 8 heteroatoms. The molecule has 160 valence electrons. The monoisotopic (exact) mass is 405 g/mol. The van der Waals surface area contributed by atoms with Crippen LogP contribution in [0.15, 0.2) is 24.3 Å². The summed E-state index contributed by atoms with van der Waals surface area (Å²) >= 11 is 0. The molecule has 1 saturated heterocycles. The predicted molar refractivity (Wildman–Crippen MR) is 108 cm³/mol. The summed E-state index contributed by atoms with van der Waals surface area (Å²) < 4.78 is 10.7. The first-order chi connectivity index (χ1) is 13.9. The van der Waals surface area contributed by atoms with Gasteiger partial charge in [-0.15, -0.1) is 0 Å². The fourth-order valence-corrected chi connectivity index (χ4v) is 3.00. The minimum absolute atomic E-state index is 0.0493. The summed E-state index contributed by atoms with van der Waals surface area (Å²) in [5, 5.41) is 5.60. The number of ether oxygens (including phenoxy) is 2. The fraction of sp³-hybridized carbons (Fsp3) is 0.571.